The van der Waals surface area contributed by atoms with Gasteiger partial charge in [0.25, 0.3) is 0 Å². The molecule has 2 unspecified atom stereocenters. The summed E-state index contributed by atoms with van der Waals surface area (Å²) in [6, 6.07) is 5.61. The van der Waals surface area contributed by atoms with Gasteiger partial charge in [0.1, 0.15) is 11.5 Å². The second-order valence-corrected chi connectivity index (χ2v) is 6.77. The first-order valence-corrected chi connectivity index (χ1v) is 8.27. The van der Waals surface area contributed by atoms with E-state index in [4.69, 9.17) is 4.42 Å². The summed E-state index contributed by atoms with van der Waals surface area (Å²) in [5, 5.41) is 3.41. The summed E-state index contributed by atoms with van der Waals surface area (Å²) >= 11 is 0. The number of hydrogen-bond acceptors (Lipinski definition) is 3. The highest BCUT2D eigenvalue weighted by molar-refractivity contribution is 5.08. The molecule has 2 heterocycles. The fourth-order valence-corrected chi connectivity index (χ4v) is 3.81. The third kappa shape index (κ3) is 3.26. The Morgan fingerprint density at radius 2 is 2.00 bits per heavy atom. The van der Waals surface area contributed by atoms with Crippen LogP contribution in [-0.4, -0.2) is 23.5 Å². The average Bonchev–Trinajstić information content (AvgIpc) is 3.05. The molecule has 0 radical (unpaired) electrons. The molecular weight excluding hydrogens is 248 g/mol. The average molecular weight is 276 g/mol. The molecule has 0 spiro atoms. The number of likely N-dealkylation sites (tertiary alicyclic amines) is 1. The number of fused-ring (bicyclic) bond motifs is 1. The van der Waals surface area contributed by atoms with Gasteiger partial charge in [-0.3, -0.25) is 4.90 Å². The third-order valence-electron chi connectivity index (χ3n) is 4.89. The van der Waals surface area contributed by atoms with Crippen molar-refractivity contribution in [2.75, 3.05) is 6.54 Å². The van der Waals surface area contributed by atoms with E-state index in [-0.39, 0.29) is 0 Å². The smallest absolute Gasteiger partial charge is 0.118 e. The Bertz CT molecular complexity index is 426. The lowest BCUT2D eigenvalue weighted by Crippen LogP contribution is -2.34. The van der Waals surface area contributed by atoms with Crippen LogP contribution >= 0.6 is 0 Å². The molecule has 3 rings (SSSR count). The summed E-state index contributed by atoms with van der Waals surface area (Å²) in [5.74, 6) is 3.16. The highest BCUT2D eigenvalue weighted by Gasteiger charge is 2.35. The lowest BCUT2D eigenvalue weighted by molar-refractivity contribution is 0.164. The second-order valence-electron chi connectivity index (χ2n) is 6.77. The predicted octanol–water partition coefficient (Wildman–Crippen LogP) is 3.54. The minimum atomic E-state index is 0.505. The Kier molecular flexibility index (Phi) is 4.47. The predicted molar refractivity (Wildman–Crippen MR) is 81.5 cm³/mol. The molecule has 0 bridgehead atoms. The molecule has 1 N–H and O–H groups in total. The van der Waals surface area contributed by atoms with E-state index in [0.717, 1.165) is 36.6 Å². The Hall–Kier alpha value is -0.800. The van der Waals surface area contributed by atoms with Gasteiger partial charge in [-0.1, -0.05) is 26.7 Å². The maximum atomic E-state index is 5.97. The van der Waals surface area contributed by atoms with Gasteiger partial charge in [-0.25, -0.2) is 0 Å². The minimum absolute atomic E-state index is 0.505. The summed E-state index contributed by atoms with van der Waals surface area (Å²) in [6.45, 7) is 7.43. The fourth-order valence-electron chi connectivity index (χ4n) is 3.81. The van der Waals surface area contributed by atoms with Gasteiger partial charge in [-0.2, -0.15) is 0 Å². The van der Waals surface area contributed by atoms with Gasteiger partial charge in [0.05, 0.1) is 13.1 Å². The number of nitrogens with zero attached hydrogens (tertiary/aromatic N) is 1. The Labute approximate surface area is 122 Å². The van der Waals surface area contributed by atoms with Crippen molar-refractivity contribution in [3.63, 3.8) is 0 Å². The maximum Gasteiger partial charge on any atom is 0.118 e. The summed E-state index contributed by atoms with van der Waals surface area (Å²) in [4.78, 5) is 2.66. The van der Waals surface area contributed by atoms with Gasteiger partial charge in [-0.05, 0) is 43.9 Å². The lowest BCUT2D eigenvalue weighted by Gasteiger charge is -2.31. The van der Waals surface area contributed by atoms with Crippen molar-refractivity contribution in [2.24, 2.45) is 5.92 Å². The van der Waals surface area contributed by atoms with Crippen LogP contribution in [0.3, 0.4) is 0 Å². The number of rotatable bonds is 5. The van der Waals surface area contributed by atoms with Crippen molar-refractivity contribution in [1.82, 2.24) is 10.2 Å². The summed E-state index contributed by atoms with van der Waals surface area (Å²) < 4.78 is 5.97. The molecule has 2 fully saturated rings. The van der Waals surface area contributed by atoms with Crippen LogP contribution in [-0.2, 0) is 13.1 Å². The zero-order valence-corrected chi connectivity index (χ0v) is 12.9. The monoisotopic (exact) mass is 276 g/mol. The highest BCUT2D eigenvalue weighted by atomic mass is 16.3. The zero-order valence-electron chi connectivity index (χ0n) is 12.9. The van der Waals surface area contributed by atoms with Crippen LogP contribution in [0.5, 0.6) is 0 Å². The number of nitrogens with one attached hydrogen (secondary N) is 1. The highest BCUT2D eigenvalue weighted by Crippen LogP contribution is 2.36. The van der Waals surface area contributed by atoms with Gasteiger partial charge < -0.3 is 9.73 Å². The molecule has 1 aromatic heterocycles. The normalized spacial score (nSPS) is 27.1. The molecule has 1 saturated carbocycles. The van der Waals surface area contributed by atoms with E-state index in [9.17, 15) is 0 Å². The van der Waals surface area contributed by atoms with Crippen LogP contribution < -0.4 is 5.32 Å². The van der Waals surface area contributed by atoms with Crippen molar-refractivity contribution in [3.05, 3.63) is 23.7 Å². The zero-order chi connectivity index (χ0) is 13.9. The van der Waals surface area contributed by atoms with E-state index in [1.54, 1.807) is 0 Å². The van der Waals surface area contributed by atoms with Crippen molar-refractivity contribution < 1.29 is 4.42 Å². The molecule has 20 heavy (non-hydrogen) atoms. The third-order valence-corrected chi connectivity index (χ3v) is 4.89. The van der Waals surface area contributed by atoms with Crippen LogP contribution in [0, 0.1) is 5.92 Å². The van der Waals surface area contributed by atoms with Crippen molar-refractivity contribution >= 4 is 0 Å². The Morgan fingerprint density at radius 1 is 1.20 bits per heavy atom. The first kappa shape index (κ1) is 14.2. The van der Waals surface area contributed by atoms with Crippen molar-refractivity contribution in [2.45, 2.75) is 71.1 Å². The fraction of sp³-hybridized carbons (Fsp3) is 0.765. The molecule has 3 heteroatoms. The second kappa shape index (κ2) is 6.31. The van der Waals surface area contributed by atoms with Crippen LogP contribution in [0.15, 0.2) is 16.5 Å². The molecule has 0 aromatic carbocycles. The van der Waals surface area contributed by atoms with Gasteiger partial charge in [0.2, 0.25) is 0 Å². The van der Waals surface area contributed by atoms with Gasteiger partial charge in [-0.15, -0.1) is 0 Å². The van der Waals surface area contributed by atoms with Crippen molar-refractivity contribution in [1.29, 1.82) is 0 Å². The maximum absolute atomic E-state index is 5.97. The summed E-state index contributed by atoms with van der Waals surface area (Å²) in [7, 11) is 0. The number of furan rings is 1. The Morgan fingerprint density at radius 3 is 2.85 bits per heavy atom. The van der Waals surface area contributed by atoms with E-state index in [0.29, 0.717) is 6.04 Å². The summed E-state index contributed by atoms with van der Waals surface area (Å²) in [5.41, 5.74) is 0. The molecule has 1 aromatic rings. The molecule has 0 amide bonds. The van der Waals surface area contributed by atoms with Gasteiger partial charge >= 0.3 is 0 Å². The quantitative estimate of drug-likeness (QED) is 0.891. The molecule has 1 aliphatic carbocycles. The van der Waals surface area contributed by atoms with E-state index < -0.39 is 0 Å². The Balaban J connectivity index is 1.55. The van der Waals surface area contributed by atoms with Crippen molar-refractivity contribution in [3.8, 4) is 0 Å². The molecule has 2 aliphatic rings. The first-order chi connectivity index (χ1) is 9.72. The molecule has 3 nitrogen and oxygen atoms in total. The minimum Gasteiger partial charge on any atom is -0.463 e. The molecule has 1 aliphatic heterocycles. The van der Waals surface area contributed by atoms with E-state index in [2.05, 4.69) is 36.2 Å². The molecule has 112 valence electrons. The van der Waals surface area contributed by atoms with E-state index in [1.807, 2.05) is 0 Å². The number of hydrogen-bond donors (Lipinski definition) is 1. The molecular formula is C17H28N2O. The largest absolute Gasteiger partial charge is 0.463 e. The first-order valence-electron chi connectivity index (χ1n) is 8.27. The van der Waals surface area contributed by atoms with E-state index >= 15 is 0 Å². The van der Waals surface area contributed by atoms with E-state index in [1.165, 1.54) is 38.6 Å². The van der Waals surface area contributed by atoms with Crippen LogP contribution in [0.2, 0.25) is 0 Å². The topological polar surface area (TPSA) is 28.4 Å². The lowest BCUT2D eigenvalue weighted by atomic mass is 9.85. The van der Waals surface area contributed by atoms with Gasteiger partial charge in [0, 0.05) is 12.1 Å². The summed E-state index contributed by atoms with van der Waals surface area (Å²) in [6.07, 6.45) is 7.10. The van der Waals surface area contributed by atoms with Crippen LogP contribution in [0.1, 0.15) is 57.5 Å². The molecule has 2 atom stereocenters. The SMILES string of the molecule is CC(C)NCc1ccc(CN2CCC3CCCCC32)o1. The molecule has 1 saturated heterocycles. The standard InChI is InChI=1S/C17H28N2O/c1-13(2)18-11-15-7-8-16(20-15)12-19-10-9-14-5-3-4-6-17(14)19/h7-8,13-14,17-18H,3-6,9-12H2,1-2H3. The van der Waals surface area contributed by atoms with Gasteiger partial charge in [0.15, 0.2) is 0 Å². The van der Waals surface area contributed by atoms with Crippen LogP contribution in [0.25, 0.3) is 0 Å². The van der Waals surface area contributed by atoms with Crippen LogP contribution in [0.4, 0.5) is 0 Å².